The zero-order chi connectivity index (χ0) is 13.9. The lowest BCUT2D eigenvalue weighted by molar-refractivity contribution is 0.360. The predicted molar refractivity (Wildman–Crippen MR) is 73.7 cm³/mol. The van der Waals surface area contributed by atoms with Crippen LogP contribution in [0.3, 0.4) is 0 Å². The number of hydrogen-bond donors (Lipinski definition) is 1. The van der Waals surface area contributed by atoms with E-state index >= 15 is 0 Å². The summed E-state index contributed by atoms with van der Waals surface area (Å²) in [5, 5.41) is 7.38. The Kier molecular flexibility index (Phi) is 3.78. The second kappa shape index (κ2) is 5.71. The Hall–Kier alpha value is -1.75. The van der Waals surface area contributed by atoms with Gasteiger partial charge in [-0.25, -0.2) is 4.39 Å². The van der Waals surface area contributed by atoms with E-state index in [0.717, 1.165) is 25.1 Å². The fourth-order valence-corrected chi connectivity index (χ4v) is 2.67. The topological polar surface area (TPSA) is 51.0 Å². The molecule has 1 unspecified atom stereocenters. The number of piperidine rings is 1. The third-order valence-electron chi connectivity index (χ3n) is 3.63. The van der Waals surface area contributed by atoms with Crippen LogP contribution in [0.5, 0.6) is 0 Å². The monoisotopic (exact) mass is 275 g/mol. The minimum atomic E-state index is -0.281. The molecule has 0 saturated carbocycles. The van der Waals surface area contributed by atoms with Gasteiger partial charge in [-0.1, -0.05) is 5.16 Å². The van der Waals surface area contributed by atoms with E-state index in [-0.39, 0.29) is 5.82 Å². The van der Waals surface area contributed by atoms with E-state index < -0.39 is 0 Å². The number of nitrogens with one attached hydrogen (secondary N) is 1. The summed E-state index contributed by atoms with van der Waals surface area (Å²) in [6, 6.07) is 4.75. The summed E-state index contributed by atoms with van der Waals surface area (Å²) in [7, 11) is 0. The summed E-state index contributed by atoms with van der Waals surface area (Å²) in [5.74, 6) is 1.38. The number of benzene rings is 1. The molecule has 1 atom stereocenters. The van der Waals surface area contributed by atoms with Crippen LogP contribution in [0.1, 0.15) is 24.2 Å². The van der Waals surface area contributed by atoms with Crippen molar-refractivity contribution >= 4 is 0 Å². The molecule has 1 aliphatic rings. The van der Waals surface area contributed by atoms with Crippen LogP contribution >= 0.6 is 0 Å². The zero-order valence-electron chi connectivity index (χ0n) is 11.5. The normalized spacial score (nSPS) is 19.2. The Balaban J connectivity index is 1.75. The molecule has 0 amide bonds. The number of aromatic nitrogens is 2. The van der Waals surface area contributed by atoms with Crippen molar-refractivity contribution in [1.29, 1.82) is 0 Å². The van der Waals surface area contributed by atoms with Crippen molar-refractivity contribution in [2.75, 3.05) is 13.1 Å². The minimum absolute atomic E-state index is 0.281. The highest BCUT2D eigenvalue weighted by molar-refractivity contribution is 5.54. The Morgan fingerprint density at radius 3 is 3.05 bits per heavy atom. The lowest BCUT2D eigenvalue weighted by Gasteiger charge is -2.20. The lowest BCUT2D eigenvalue weighted by atomic mass is 9.96. The van der Waals surface area contributed by atoms with Gasteiger partial charge in [0.05, 0.1) is 0 Å². The van der Waals surface area contributed by atoms with Gasteiger partial charge in [-0.05, 0) is 62.5 Å². The van der Waals surface area contributed by atoms with Crippen LogP contribution in [0, 0.1) is 18.7 Å². The molecule has 106 valence electrons. The van der Waals surface area contributed by atoms with Gasteiger partial charge in [0, 0.05) is 12.0 Å². The van der Waals surface area contributed by atoms with Gasteiger partial charge in [-0.2, -0.15) is 4.98 Å². The van der Waals surface area contributed by atoms with Crippen LogP contribution in [-0.4, -0.2) is 23.2 Å². The molecule has 2 heterocycles. The van der Waals surface area contributed by atoms with Gasteiger partial charge in [-0.15, -0.1) is 0 Å². The first-order chi connectivity index (χ1) is 9.70. The molecule has 1 fully saturated rings. The fourth-order valence-electron chi connectivity index (χ4n) is 2.67. The van der Waals surface area contributed by atoms with Crippen molar-refractivity contribution in [2.24, 2.45) is 5.92 Å². The van der Waals surface area contributed by atoms with Gasteiger partial charge in [0.25, 0.3) is 5.89 Å². The molecule has 0 aliphatic carbocycles. The molecule has 1 saturated heterocycles. The molecule has 2 aromatic rings. The first-order valence-corrected chi connectivity index (χ1v) is 7.01. The van der Waals surface area contributed by atoms with Gasteiger partial charge in [0.15, 0.2) is 5.82 Å². The lowest BCUT2D eigenvalue weighted by Crippen LogP contribution is -2.31. The minimum Gasteiger partial charge on any atom is -0.334 e. The molecule has 1 aromatic heterocycles. The summed E-state index contributed by atoms with van der Waals surface area (Å²) < 4.78 is 18.6. The van der Waals surface area contributed by atoms with Gasteiger partial charge in [0.2, 0.25) is 0 Å². The van der Waals surface area contributed by atoms with E-state index in [1.165, 1.54) is 25.0 Å². The molecule has 4 nitrogen and oxygen atoms in total. The molecule has 1 aliphatic heterocycles. The molecule has 0 bridgehead atoms. The van der Waals surface area contributed by atoms with Crippen molar-refractivity contribution in [2.45, 2.75) is 26.2 Å². The average molecular weight is 275 g/mol. The highest BCUT2D eigenvalue weighted by Crippen LogP contribution is 2.21. The summed E-state index contributed by atoms with van der Waals surface area (Å²) in [5.41, 5.74) is 1.49. The largest absolute Gasteiger partial charge is 0.334 e. The maximum Gasteiger partial charge on any atom is 0.258 e. The van der Waals surface area contributed by atoms with Crippen LogP contribution < -0.4 is 5.32 Å². The summed E-state index contributed by atoms with van der Waals surface area (Å²) in [6.07, 6.45) is 3.19. The predicted octanol–water partition coefficient (Wildman–Crippen LogP) is 2.73. The van der Waals surface area contributed by atoms with E-state index in [1.54, 1.807) is 0 Å². The molecule has 1 aromatic carbocycles. The van der Waals surface area contributed by atoms with Crippen LogP contribution in [0.15, 0.2) is 22.7 Å². The summed E-state index contributed by atoms with van der Waals surface area (Å²) in [6.45, 7) is 3.94. The van der Waals surface area contributed by atoms with E-state index in [9.17, 15) is 4.39 Å². The fraction of sp³-hybridized carbons (Fsp3) is 0.467. The van der Waals surface area contributed by atoms with Crippen molar-refractivity contribution in [1.82, 2.24) is 15.5 Å². The van der Waals surface area contributed by atoms with Crippen molar-refractivity contribution in [3.8, 4) is 11.5 Å². The molecular formula is C15H18FN3O. The molecule has 0 radical (unpaired) electrons. The Labute approximate surface area is 117 Å². The Bertz CT molecular complexity index is 570. The third kappa shape index (κ3) is 3.04. The van der Waals surface area contributed by atoms with Crippen LogP contribution in [0.25, 0.3) is 11.5 Å². The van der Waals surface area contributed by atoms with Gasteiger partial charge >= 0.3 is 0 Å². The van der Waals surface area contributed by atoms with E-state index in [1.807, 2.05) is 13.0 Å². The smallest absolute Gasteiger partial charge is 0.258 e. The highest BCUT2D eigenvalue weighted by Gasteiger charge is 2.17. The summed E-state index contributed by atoms with van der Waals surface area (Å²) >= 11 is 0. The number of rotatable bonds is 3. The molecule has 0 spiro atoms. The number of hydrogen-bond acceptors (Lipinski definition) is 4. The highest BCUT2D eigenvalue weighted by atomic mass is 19.1. The summed E-state index contributed by atoms with van der Waals surface area (Å²) in [4.78, 5) is 4.38. The van der Waals surface area contributed by atoms with Crippen LogP contribution in [-0.2, 0) is 6.42 Å². The van der Waals surface area contributed by atoms with E-state index in [2.05, 4.69) is 15.5 Å². The standard InChI is InChI=1S/C15H18FN3O/c1-10-5-12(8-13(16)6-10)15-18-14(19-20-15)7-11-3-2-4-17-9-11/h5-6,8,11,17H,2-4,7,9H2,1H3. The van der Waals surface area contributed by atoms with E-state index in [4.69, 9.17) is 4.52 Å². The Morgan fingerprint density at radius 1 is 1.40 bits per heavy atom. The molecule has 1 N–H and O–H groups in total. The molecule has 5 heteroatoms. The van der Waals surface area contributed by atoms with Crippen LogP contribution in [0.2, 0.25) is 0 Å². The second-order valence-corrected chi connectivity index (χ2v) is 5.45. The van der Waals surface area contributed by atoms with E-state index in [0.29, 0.717) is 23.2 Å². The SMILES string of the molecule is Cc1cc(F)cc(-c2nc(CC3CCCNC3)no2)c1. The second-order valence-electron chi connectivity index (χ2n) is 5.45. The quantitative estimate of drug-likeness (QED) is 0.935. The first kappa shape index (κ1) is 13.2. The van der Waals surface area contributed by atoms with Crippen molar-refractivity contribution < 1.29 is 8.91 Å². The van der Waals surface area contributed by atoms with Crippen molar-refractivity contribution in [3.63, 3.8) is 0 Å². The maximum absolute atomic E-state index is 13.4. The number of halogens is 1. The van der Waals surface area contributed by atoms with Crippen molar-refractivity contribution in [3.05, 3.63) is 35.4 Å². The first-order valence-electron chi connectivity index (χ1n) is 7.01. The average Bonchev–Trinajstić information content (AvgIpc) is 2.87. The maximum atomic E-state index is 13.4. The zero-order valence-corrected chi connectivity index (χ0v) is 11.5. The molecule has 20 heavy (non-hydrogen) atoms. The molecular weight excluding hydrogens is 257 g/mol. The van der Waals surface area contributed by atoms with Gasteiger partial charge in [-0.3, -0.25) is 0 Å². The number of nitrogens with zero attached hydrogens (tertiary/aromatic N) is 2. The third-order valence-corrected chi connectivity index (χ3v) is 3.63. The van der Waals surface area contributed by atoms with Crippen LogP contribution in [0.4, 0.5) is 4.39 Å². The Morgan fingerprint density at radius 2 is 2.30 bits per heavy atom. The molecule has 3 rings (SSSR count). The number of aryl methyl sites for hydroxylation is 1. The van der Waals surface area contributed by atoms with Gasteiger partial charge < -0.3 is 9.84 Å². The van der Waals surface area contributed by atoms with Gasteiger partial charge in [0.1, 0.15) is 5.82 Å².